The normalized spacial score (nSPS) is 10.1. The third-order valence-corrected chi connectivity index (χ3v) is 2.88. The van der Waals surface area contributed by atoms with Crippen molar-refractivity contribution in [3.8, 4) is 11.8 Å². The topological polar surface area (TPSA) is 97.6 Å². The van der Waals surface area contributed by atoms with E-state index in [2.05, 4.69) is 10.1 Å². The number of aromatic nitrogens is 3. The summed E-state index contributed by atoms with van der Waals surface area (Å²) in [5, 5.41) is 23.1. The fourth-order valence-corrected chi connectivity index (χ4v) is 1.74. The minimum Gasteiger partial charge on any atom is -0.258 e. The third-order valence-electron chi connectivity index (χ3n) is 2.05. The number of hydrogen-bond acceptors (Lipinski definition) is 5. The molecule has 0 bridgehead atoms. The molecule has 9 heteroatoms. The monoisotopic (exact) mass is 359 g/mol. The molecule has 0 spiro atoms. The van der Waals surface area contributed by atoms with Crippen LogP contribution in [-0.2, 0) is 0 Å². The molecule has 0 N–H and O–H groups in total. The lowest BCUT2D eigenvalue weighted by Crippen LogP contribution is -2.03. The molecule has 0 atom stereocenters. The van der Waals surface area contributed by atoms with Gasteiger partial charge in [-0.15, -0.1) is 5.10 Å². The van der Waals surface area contributed by atoms with Gasteiger partial charge in [0.25, 0.3) is 11.5 Å². The minimum atomic E-state index is -0.648. The van der Waals surface area contributed by atoms with Crippen molar-refractivity contribution >= 4 is 28.3 Å². The van der Waals surface area contributed by atoms with Crippen LogP contribution in [0.25, 0.3) is 5.69 Å². The first kappa shape index (κ1) is 12.4. The van der Waals surface area contributed by atoms with E-state index < -0.39 is 10.7 Å². The standard InChI is InChI=1S/C9H3FIN5O2/c10-5-1-7(8(16(17)18)2-6(5)11)15-4-13-9(3-12)14-15/h1-2,4H. The summed E-state index contributed by atoms with van der Waals surface area (Å²) < 4.78 is 14.6. The maximum Gasteiger partial charge on any atom is 0.296 e. The van der Waals surface area contributed by atoms with Crippen molar-refractivity contribution in [3.05, 3.63) is 43.8 Å². The smallest absolute Gasteiger partial charge is 0.258 e. The van der Waals surface area contributed by atoms with E-state index in [4.69, 9.17) is 5.26 Å². The molecule has 0 amide bonds. The van der Waals surface area contributed by atoms with E-state index in [1.807, 2.05) is 0 Å². The number of nitro benzene ring substituents is 1. The first-order valence-electron chi connectivity index (χ1n) is 4.48. The van der Waals surface area contributed by atoms with Crippen LogP contribution in [0.4, 0.5) is 10.1 Å². The molecule has 90 valence electrons. The fourth-order valence-electron chi connectivity index (χ4n) is 1.29. The molecule has 18 heavy (non-hydrogen) atoms. The predicted molar refractivity (Wildman–Crippen MR) is 65.4 cm³/mol. The van der Waals surface area contributed by atoms with Gasteiger partial charge in [0.1, 0.15) is 23.9 Å². The van der Waals surface area contributed by atoms with Crippen molar-refractivity contribution < 1.29 is 9.31 Å². The van der Waals surface area contributed by atoms with Crippen LogP contribution in [0.5, 0.6) is 0 Å². The predicted octanol–water partition coefficient (Wildman–Crippen LogP) is 1.79. The zero-order valence-electron chi connectivity index (χ0n) is 8.54. The number of halogens is 2. The summed E-state index contributed by atoms with van der Waals surface area (Å²) >= 11 is 1.65. The molecule has 0 aliphatic carbocycles. The van der Waals surface area contributed by atoms with E-state index in [1.54, 1.807) is 28.7 Å². The van der Waals surface area contributed by atoms with Crippen molar-refractivity contribution in [1.29, 1.82) is 5.26 Å². The van der Waals surface area contributed by atoms with E-state index in [9.17, 15) is 14.5 Å². The van der Waals surface area contributed by atoms with E-state index in [0.717, 1.165) is 23.1 Å². The highest BCUT2D eigenvalue weighted by molar-refractivity contribution is 14.1. The Kier molecular flexibility index (Phi) is 3.19. The zero-order chi connectivity index (χ0) is 13.3. The molecular formula is C9H3FIN5O2. The molecule has 2 rings (SSSR count). The number of nitriles is 1. The number of nitrogens with zero attached hydrogens (tertiary/aromatic N) is 5. The summed E-state index contributed by atoms with van der Waals surface area (Å²) in [4.78, 5) is 13.8. The largest absolute Gasteiger partial charge is 0.296 e. The Labute approximate surface area is 113 Å². The summed E-state index contributed by atoms with van der Waals surface area (Å²) in [5.41, 5.74) is -0.387. The molecule has 0 aliphatic rings. The van der Waals surface area contributed by atoms with Gasteiger partial charge in [-0.2, -0.15) is 5.26 Å². The van der Waals surface area contributed by atoms with Crippen LogP contribution in [0, 0.1) is 30.8 Å². The lowest BCUT2D eigenvalue weighted by Gasteiger charge is -2.03. The Bertz CT molecular complexity index is 678. The average molecular weight is 359 g/mol. The van der Waals surface area contributed by atoms with Crippen LogP contribution in [0.1, 0.15) is 5.82 Å². The number of nitro groups is 1. The van der Waals surface area contributed by atoms with Gasteiger partial charge in [0.2, 0.25) is 0 Å². The molecule has 7 nitrogen and oxygen atoms in total. The van der Waals surface area contributed by atoms with Gasteiger partial charge in [0, 0.05) is 12.1 Å². The van der Waals surface area contributed by atoms with E-state index in [-0.39, 0.29) is 20.8 Å². The molecule has 0 aliphatic heterocycles. The molecule has 0 fully saturated rings. The second kappa shape index (κ2) is 4.65. The van der Waals surface area contributed by atoms with E-state index in [0.29, 0.717) is 0 Å². The molecule has 1 heterocycles. The van der Waals surface area contributed by atoms with Gasteiger partial charge in [-0.1, -0.05) is 0 Å². The van der Waals surface area contributed by atoms with Gasteiger partial charge in [-0.3, -0.25) is 10.1 Å². The molecular weight excluding hydrogens is 356 g/mol. The van der Waals surface area contributed by atoms with Gasteiger partial charge < -0.3 is 0 Å². The minimum absolute atomic E-state index is 0.0769. The average Bonchev–Trinajstić information content (AvgIpc) is 2.80. The Balaban J connectivity index is 2.66. The second-order valence-corrected chi connectivity index (χ2v) is 4.30. The first-order chi connectivity index (χ1) is 8.52. The molecule has 0 unspecified atom stereocenters. The highest BCUT2D eigenvalue weighted by Crippen LogP contribution is 2.26. The van der Waals surface area contributed by atoms with Gasteiger partial charge in [-0.25, -0.2) is 14.1 Å². The Morgan fingerprint density at radius 1 is 1.56 bits per heavy atom. The van der Waals surface area contributed by atoms with Crippen LogP contribution in [-0.4, -0.2) is 19.7 Å². The summed E-state index contributed by atoms with van der Waals surface area (Å²) in [5.74, 6) is -0.756. The molecule has 1 aromatic carbocycles. The summed E-state index contributed by atoms with van der Waals surface area (Å²) in [7, 11) is 0. The van der Waals surface area contributed by atoms with Gasteiger partial charge in [-0.05, 0) is 22.6 Å². The van der Waals surface area contributed by atoms with Crippen molar-refractivity contribution in [1.82, 2.24) is 14.8 Å². The fraction of sp³-hybridized carbons (Fsp3) is 0. The van der Waals surface area contributed by atoms with Gasteiger partial charge in [0.05, 0.1) is 8.49 Å². The van der Waals surface area contributed by atoms with Crippen LogP contribution >= 0.6 is 22.6 Å². The Morgan fingerprint density at radius 2 is 2.28 bits per heavy atom. The third kappa shape index (κ3) is 2.14. The summed E-state index contributed by atoms with van der Waals surface area (Å²) in [6, 6.07) is 3.76. The lowest BCUT2D eigenvalue weighted by atomic mass is 10.2. The van der Waals surface area contributed by atoms with E-state index >= 15 is 0 Å². The van der Waals surface area contributed by atoms with Crippen molar-refractivity contribution in [2.45, 2.75) is 0 Å². The maximum absolute atomic E-state index is 13.4. The van der Waals surface area contributed by atoms with Crippen molar-refractivity contribution in [2.24, 2.45) is 0 Å². The van der Waals surface area contributed by atoms with Gasteiger partial charge >= 0.3 is 0 Å². The van der Waals surface area contributed by atoms with Crippen LogP contribution in [0.15, 0.2) is 18.5 Å². The SMILES string of the molecule is N#Cc1ncn(-c2cc(F)c(I)cc2[N+](=O)[O-])n1. The van der Waals surface area contributed by atoms with Crippen molar-refractivity contribution in [3.63, 3.8) is 0 Å². The van der Waals surface area contributed by atoms with Crippen LogP contribution in [0.3, 0.4) is 0 Å². The van der Waals surface area contributed by atoms with Gasteiger partial charge in [0.15, 0.2) is 0 Å². The van der Waals surface area contributed by atoms with Crippen LogP contribution in [0.2, 0.25) is 0 Å². The first-order valence-corrected chi connectivity index (χ1v) is 5.56. The zero-order valence-corrected chi connectivity index (χ0v) is 10.7. The maximum atomic E-state index is 13.4. The number of benzene rings is 1. The highest BCUT2D eigenvalue weighted by atomic mass is 127. The summed E-state index contributed by atoms with van der Waals surface area (Å²) in [6.45, 7) is 0. The quantitative estimate of drug-likeness (QED) is 0.463. The molecule has 0 saturated carbocycles. The molecule has 0 radical (unpaired) electrons. The number of hydrogen-bond donors (Lipinski definition) is 0. The highest BCUT2D eigenvalue weighted by Gasteiger charge is 2.20. The Hall–Kier alpha value is -2.09. The number of rotatable bonds is 2. The molecule has 1 aromatic heterocycles. The van der Waals surface area contributed by atoms with Crippen LogP contribution < -0.4 is 0 Å². The van der Waals surface area contributed by atoms with E-state index in [1.165, 1.54) is 0 Å². The van der Waals surface area contributed by atoms with Crippen molar-refractivity contribution in [2.75, 3.05) is 0 Å². The lowest BCUT2D eigenvalue weighted by molar-refractivity contribution is -0.384. The molecule has 2 aromatic rings. The summed E-state index contributed by atoms with van der Waals surface area (Å²) in [6.07, 6.45) is 1.12. The molecule has 0 saturated heterocycles. The Morgan fingerprint density at radius 3 is 2.83 bits per heavy atom. The second-order valence-electron chi connectivity index (χ2n) is 3.14.